The molecule has 0 fully saturated rings. The molecule has 25 heavy (non-hydrogen) atoms. The van der Waals surface area contributed by atoms with Gasteiger partial charge in [0, 0.05) is 18.4 Å². The number of carbonyl (C=O) groups is 1. The Balaban J connectivity index is 1.70. The quantitative estimate of drug-likeness (QED) is 0.550. The predicted molar refractivity (Wildman–Crippen MR) is 97.3 cm³/mol. The van der Waals surface area contributed by atoms with Gasteiger partial charge in [-0.3, -0.25) is 4.79 Å². The molecule has 3 rings (SSSR count). The van der Waals surface area contributed by atoms with E-state index in [9.17, 15) is 4.79 Å². The summed E-state index contributed by atoms with van der Waals surface area (Å²) in [5, 5.41) is 13.0. The fourth-order valence-corrected chi connectivity index (χ4v) is 3.13. The molecule has 2 N–H and O–H groups in total. The molecule has 0 spiro atoms. The van der Waals surface area contributed by atoms with Gasteiger partial charge in [-0.2, -0.15) is 5.10 Å². The third-order valence-electron chi connectivity index (χ3n) is 3.69. The normalized spacial score (nSPS) is 10.8. The van der Waals surface area contributed by atoms with Crippen molar-refractivity contribution in [2.45, 2.75) is 19.0 Å². The van der Waals surface area contributed by atoms with E-state index in [0.717, 1.165) is 17.1 Å². The molecule has 1 aromatic carbocycles. The van der Waals surface area contributed by atoms with Crippen LogP contribution in [0.25, 0.3) is 5.95 Å². The van der Waals surface area contributed by atoms with Gasteiger partial charge in [0.2, 0.25) is 11.1 Å². The van der Waals surface area contributed by atoms with Gasteiger partial charge < -0.3 is 10.7 Å². The summed E-state index contributed by atoms with van der Waals surface area (Å²) in [6.45, 7) is 3.81. The number of thioether (sulfide) groups is 1. The van der Waals surface area contributed by atoms with Crippen LogP contribution in [0.3, 0.4) is 0 Å². The maximum atomic E-state index is 12.4. The summed E-state index contributed by atoms with van der Waals surface area (Å²) in [7, 11) is 1.74. The molecule has 0 aliphatic carbocycles. The van der Waals surface area contributed by atoms with E-state index in [4.69, 9.17) is 5.84 Å². The van der Waals surface area contributed by atoms with Crippen molar-refractivity contribution in [2.24, 2.45) is 0 Å². The van der Waals surface area contributed by atoms with Crippen molar-refractivity contribution in [2.75, 3.05) is 23.5 Å². The Kier molecular flexibility index (Phi) is 4.75. The van der Waals surface area contributed by atoms with Crippen molar-refractivity contribution in [1.82, 2.24) is 24.7 Å². The summed E-state index contributed by atoms with van der Waals surface area (Å²) in [4.78, 5) is 14.0. The summed E-state index contributed by atoms with van der Waals surface area (Å²) >= 11 is 1.24. The Labute approximate surface area is 149 Å². The van der Waals surface area contributed by atoms with Crippen LogP contribution in [0.5, 0.6) is 0 Å². The molecular weight excluding hydrogens is 338 g/mol. The van der Waals surface area contributed by atoms with Gasteiger partial charge in [0.15, 0.2) is 0 Å². The van der Waals surface area contributed by atoms with Gasteiger partial charge in [-0.15, -0.1) is 10.2 Å². The Morgan fingerprint density at radius 2 is 1.96 bits per heavy atom. The number of rotatable bonds is 5. The van der Waals surface area contributed by atoms with Crippen LogP contribution in [0.1, 0.15) is 11.4 Å². The lowest BCUT2D eigenvalue weighted by atomic mass is 10.3. The number of carbonyl (C=O) groups excluding carboxylic acids is 1. The maximum absolute atomic E-state index is 12.4. The van der Waals surface area contributed by atoms with E-state index in [0.29, 0.717) is 11.1 Å². The van der Waals surface area contributed by atoms with E-state index in [1.807, 2.05) is 50.2 Å². The first-order valence-corrected chi connectivity index (χ1v) is 8.64. The molecule has 0 radical (unpaired) electrons. The Morgan fingerprint density at radius 1 is 1.24 bits per heavy atom. The number of nitrogen functional groups attached to an aromatic ring is 1. The van der Waals surface area contributed by atoms with Crippen molar-refractivity contribution in [1.29, 1.82) is 0 Å². The highest BCUT2D eigenvalue weighted by Gasteiger charge is 2.17. The molecule has 9 heteroatoms. The van der Waals surface area contributed by atoms with Crippen molar-refractivity contribution in [3.05, 3.63) is 47.8 Å². The van der Waals surface area contributed by atoms with E-state index in [1.54, 1.807) is 16.6 Å². The van der Waals surface area contributed by atoms with Crippen LogP contribution in [0.15, 0.2) is 41.6 Å². The molecule has 0 saturated heterocycles. The van der Waals surface area contributed by atoms with Crippen LogP contribution in [-0.2, 0) is 4.79 Å². The van der Waals surface area contributed by atoms with Gasteiger partial charge >= 0.3 is 0 Å². The minimum absolute atomic E-state index is 0.0492. The highest BCUT2D eigenvalue weighted by Crippen LogP contribution is 2.19. The first-order valence-electron chi connectivity index (χ1n) is 7.66. The number of nitrogens with zero attached hydrogens (tertiary/aromatic N) is 6. The molecule has 8 nitrogen and oxygen atoms in total. The van der Waals surface area contributed by atoms with Crippen LogP contribution < -0.4 is 10.7 Å². The summed E-state index contributed by atoms with van der Waals surface area (Å²) in [6.07, 6.45) is 0. The molecule has 2 heterocycles. The first-order chi connectivity index (χ1) is 12.0. The van der Waals surface area contributed by atoms with Crippen LogP contribution in [0, 0.1) is 13.8 Å². The van der Waals surface area contributed by atoms with Gasteiger partial charge in [0.1, 0.15) is 0 Å². The number of nitrogens with two attached hydrogens (primary N) is 1. The third kappa shape index (κ3) is 3.50. The summed E-state index contributed by atoms with van der Waals surface area (Å²) in [5.41, 5.74) is 2.62. The van der Waals surface area contributed by atoms with Gasteiger partial charge in [-0.1, -0.05) is 30.0 Å². The monoisotopic (exact) mass is 357 g/mol. The summed E-state index contributed by atoms with van der Waals surface area (Å²) < 4.78 is 2.98. The molecule has 0 saturated carbocycles. The number of hydrogen-bond acceptors (Lipinski definition) is 6. The van der Waals surface area contributed by atoms with E-state index in [1.165, 1.54) is 16.4 Å². The second kappa shape index (κ2) is 6.98. The van der Waals surface area contributed by atoms with Crippen molar-refractivity contribution >= 4 is 23.4 Å². The van der Waals surface area contributed by atoms with E-state index in [-0.39, 0.29) is 11.7 Å². The lowest BCUT2D eigenvalue weighted by Crippen LogP contribution is -2.28. The number of anilines is 1. The number of benzene rings is 1. The molecule has 0 aliphatic rings. The lowest BCUT2D eigenvalue weighted by molar-refractivity contribution is -0.115. The number of aryl methyl sites for hydroxylation is 2. The third-order valence-corrected chi connectivity index (χ3v) is 4.62. The Hall–Kier alpha value is -2.81. The largest absolute Gasteiger partial charge is 0.334 e. The van der Waals surface area contributed by atoms with Crippen molar-refractivity contribution in [3.8, 4) is 5.95 Å². The molecule has 0 unspecified atom stereocenters. The van der Waals surface area contributed by atoms with E-state index < -0.39 is 0 Å². The highest BCUT2D eigenvalue weighted by atomic mass is 32.2. The highest BCUT2D eigenvalue weighted by molar-refractivity contribution is 7.99. The van der Waals surface area contributed by atoms with E-state index >= 15 is 0 Å². The number of aromatic nitrogens is 5. The zero-order valence-electron chi connectivity index (χ0n) is 14.2. The fourth-order valence-electron chi connectivity index (χ4n) is 2.36. The van der Waals surface area contributed by atoms with Gasteiger partial charge in [0.25, 0.3) is 5.95 Å². The van der Waals surface area contributed by atoms with Gasteiger partial charge in [0.05, 0.1) is 11.4 Å². The minimum atomic E-state index is -0.0492. The Morgan fingerprint density at radius 3 is 2.60 bits per heavy atom. The summed E-state index contributed by atoms with van der Waals surface area (Å²) in [6, 6.07) is 11.4. The topological polar surface area (TPSA) is 94.9 Å². The average molecular weight is 357 g/mol. The predicted octanol–water partition coefficient (Wildman–Crippen LogP) is 1.55. The fraction of sp³-hybridized carbons (Fsp3) is 0.250. The molecular formula is C16H19N7OS. The second-order valence-corrected chi connectivity index (χ2v) is 6.51. The van der Waals surface area contributed by atoms with E-state index in [2.05, 4.69) is 15.3 Å². The molecule has 1 amide bonds. The summed E-state index contributed by atoms with van der Waals surface area (Å²) in [5.74, 6) is 6.64. The minimum Gasteiger partial charge on any atom is -0.334 e. The molecule has 3 aromatic rings. The zero-order chi connectivity index (χ0) is 18.0. The van der Waals surface area contributed by atoms with Crippen LogP contribution in [0.2, 0.25) is 0 Å². The number of amides is 1. The smallest absolute Gasteiger partial charge is 0.271 e. The molecule has 0 bridgehead atoms. The number of para-hydroxylation sites is 1. The second-order valence-electron chi connectivity index (χ2n) is 5.57. The van der Waals surface area contributed by atoms with Crippen LogP contribution >= 0.6 is 11.8 Å². The average Bonchev–Trinajstić information content (AvgIpc) is 3.14. The van der Waals surface area contributed by atoms with Crippen molar-refractivity contribution < 1.29 is 4.79 Å². The molecule has 0 atom stereocenters. The van der Waals surface area contributed by atoms with Crippen molar-refractivity contribution in [3.63, 3.8) is 0 Å². The van der Waals surface area contributed by atoms with Crippen LogP contribution in [0.4, 0.5) is 5.69 Å². The zero-order valence-corrected chi connectivity index (χ0v) is 15.1. The first kappa shape index (κ1) is 17.0. The maximum Gasteiger partial charge on any atom is 0.271 e. The lowest BCUT2D eigenvalue weighted by Gasteiger charge is -2.16. The number of hydrogen-bond donors (Lipinski definition) is 1. The van der Waals surface area contributed by atoms with Gasteiger partial charge in [-0.05, 0) is 32.0 Å². The molecule has 130 valence electrons. The molecule has 0 aliphatic heterocycles. The standard InChI is InChI=1S/C16H19N7OS/c1-11-9-12(2)23(20-11)15-18-19-16(22(15)17)25-10-14(24)21(3)13-7-5-4-6-8-13/h4-9H,10,17H2,1-3H3. The Bertz CT molecular complexity index is 887. The SMILES string of the molecule is Cc1cc(C)n(-c2nnc(SCC(=O)N(C)c3ccccc3)n2N)n1. The molecule has 2 aromatic heterocycles. The van der Waals surface area contributed by atoms with Gasteiger partial charge in [-0.25, -0.2) is 9.36 Å². The van der Waals surface area contributed by atoms with Crippen LogP contribution in [-0.4, -0.2) is 43.4 Å².